The van der Waals surface area contributed by atoms with Crippen molar-refractivity contribution in [3.63, 3.8) is 0 Å². The van der Waals surface area contributed by atoms with Crippen LogP contribution in [0, 0.1) is 0 Å². The molecule has 0 radical (unpaired) electrons. The van der Waals surface area contributed by atoms with Crippen molar-refractivity contribution in [1.29, 1.82) is 0 Å². The molecule has 1 aliphatic rings. The van der Waals surface area contributed by atoms with Gasteiger partial charge in [-0.1, -0.05) is 6.08 Å². The zero-order valence-corrected chi connectivity index (χ0v) is 13.5. The van der Waals surface area contributed by atoms with E-state index in [1.54, 1.807) is 24.3 Å². The summed E-state index contributed by atoms with van der Waals surface area (Å²) in [6, 6.07) is 9.51. The molecule has 1 heterocycles. The number of carbonyl (C=O) groups is 1. The first-order valence-electron chi connectivity index (χ1n) is 7.61. The van der Waals surface area contributed by atoms with Crippen molar-refractivity contribution in [2.45, 2.75) is 19.4 Å². The van der Waals surface area contributed by atoms with Gasteiger partial charge in [0.05, 0.1) is 0 Å². The monoisotopic (exact) mass is 322 g/mol. The lowest BCUT2D eigenvalue weighted by atomic mass is 9.99. The van der Waals surface area contributed by atoms with E-state index in [1.165, 1.54) is 24.3 Å². The Balaban J connectivity index is 1.82. The van der Waals surface area contributed by atoms with Gasteiger partial charge in [0.25, 0.3) is 0 Å². The van der Waals surface area contributed by atoms with Gasteiger partial charge in [-0.25, -0.2) is 0 Å². The highest BCUT2D eigenvalue weighted by molar-refractivity contribution is 6.07. The third kappa shape index (κ3) is 3.33. The van der Waals surface area contributed by atoms with Crippen LogP contribution in [-0.2, 0) is 0 Å². The van der Waals surface area contributed by atoms with Gasteiger partial charge < -0.3 is 14.9 Å². The Morgan fingerprint density at radius 1 is 1.12 bits per heavy atom. The Hall–Kier alpha value is -3.01. The van der Waals surface area contributed by atoms with Gasteiger partial charge in [0.1, 0.15) is 22.8 Å². The van der Waals surface area contributed by atoms with Gasteiger partial charge >= 0.3 is 0 Å². The molecule has 0 atom stereocenters. The van der Waals surface area contributed by atoms with Crippen molar-refractivity contribution in [3.8, 4) is 17.2 Å². The van der Waals surface area contributed by atoms with E-state index in [1.807, 2.05) is 26.0 Å². The van der Waals surface area contributed by atoms with Gasteiger partial charge in [-0.15, -0.1) is 0 Å². The minimum atomic E-state index is -0.352. The second-order valence-corrected chi connectivity index (χ2v) is 6.23. The number of benzene rings is 2. The molecule has 4 heteroatoms. The van der Waals surface area contributed by atoms with Crippen LogP contribution in [0.25, 0.3) is 12.2 Å². The highest BCUT2D eigenvalue weighted by Crippen LogP contribution is 2.31. The zero-order valence-electron chi connectivity index (χ0n) is 13.5. The van der Waals surface area contributed by atoms with Crippen molar-refractivity contribution >= 4 is 17.9 Å². The van der Waals surface area contributed by atoms with Gasteiger partial charge in [-0.2, -0.15) is 0 Å². The van der Waals surface area contributed by atoms with Crippen LogP contribution < -0.4 is 4.74 Å². The maximum absolute atomic E-state index is 12.3. The van der Waals surface area contributed by atoms with Crippen LogP contribution in [0.2, 0.25) is 0 Å². The molecular formula is C20H18O4. The van der Waals surface area contributed by atoms with Gasteiger partial charge in [0.2, 0.25) is 0 Å². The number of aromatic hydroxyl groups is 2. The first-order chi connectivity index (χ1) is 11.3. The highest BCUT2D eigenvalue weighted by atomic mass is 16.5. The van der Waals surface area contributed by atoms with Crippen LogP contribution in [0.1, 0.15) is 35.3 Å². The summed E-state index contributed by atoms with van der Waals surface area (Å²) in [5.41, 5.74) is 1.51. The number of rotatable bonds is 3. The Kier molecular flexibility index (Phi) is 3.89. The number of carbonyl (C=O) groups excluding carboxylic acids is 1. The van der Waals surface area contributed by atoms with Crippen molar-refractivity contribution in [2.24, 2.45) is 0 Å². The molecule has 2 aromatic rings. The topological polar surface area (TPSA) is 66.8 Å². The van der Waals surface area contributed by atoms with Crippen molar-refractivity contribution in [1.82, 2.24) is 0 Å². The highest BCUT2D eigenvalue weighted by Gasteiger charge is 2.21. The standard InChI is InChI=1S/C20H18O4/c1-20(2)10-9-15-11-14(5-8-19(15)24-20)17(22)7-4-13-3-6-16(21)12-18(13)23/h3-12,21,23H,1-2H3. The molecule has 0 spiro atoms. The predicted molar refractivity (Wildman–Crippen MR) is 93.3 cm³/mol. The smallest absolute Gasteiger partial charge is 0.185 e. The number of phenolic OH excluding ortho intramolecular Hbond substituents is 2. The molecule has 0 unspecified atom stereocenters. The van der Waals surface area contributed by atoms with Crippen LogP contribution >= 0.6 is 0 Å². The first-order valence-corrected chi connectivity index (χ1v) is 7.61. The molecule has 0 saturated heterocycles. The molecule has 0 saturated carbocycles. The Bertz CT molecular complexity index is 860. The van der Waals surface area contributed by atoms with Crippen LogP contribution in [-0.4, -0.2) is 21.6 Å². The zero-order chi connectivity index (χ0) is 17.3. The van der Waals surface area contributed by atoms with Crippen molar-refractivity contribution in [2.75, 3.05) is 0 Å². The normalized spacial score (nSPS) is 15.1. The van der Waals surface area contributed by atoms with E-state index in [4.69, 9.17) is 4.74 Å². The second kappa shape index (κ2) is 5.89. The predicted octanol–water partition coefficient (Wildman–Crippen LogP) is 4.18. The molecule has 4 nitrogen and oxygen atoms in total. The summed E-state index contributed by atoms with van der Waals surface area (Å²) in [5, 5.41) is 19.0. The average molecular weight is 322 g/mol. The number of ether oxygens (including phenoxy) is 1. The third-order valence-corrected chi connectivity index (χ3v) is 3.76. The fourth-order valence-corrected chi connectivity index (χ4v) is 2.47. The van der Waals surface area contributed by atoms with Crippen molar-refractivity contribution in [3.05, 3.63) is 65.2 Å². The number of hydrogen-bond donors (Lipinski definition) is 2. The Morgan fingerprint density at radius 3 is 2.67 bits per heavy atom. The molecule has 2 N–H and O–H groups in total. The lowest BCUT2D eigenvalue weighted by Gasteiger charge is -2.27. The van der Waals surface area contributed by atoms with E-state index >= 15 is 0 Å². The molecule has 24 heavy (non-hydrogen) atoms. The summed E-state index contributed by atoms with van der Waals surface area (Å²) < 4.78 is 5.84. The first kappa shape index (κ1) is 15.9. The molecule has 122 valence electrons. The maximum Gasteiger partial charge on any atom is 0.185 e. The maximum atomic E-state index is 12.3. The number of fused-ring (bicyclic) bond motifs is 1. The molecule has 0 aromatic heterocycles. The summed E-state index contributed by atoms with van der Waals surface area (Å²) >= 11 is 0. The van der Waals surface area contributed by atoms with Gasteiger partial charge in [-0.3, -0.25) is 4.79 Å². The van der Waals surface area contributed by atoms with Crippen LogP contribution in [0.15, 0.2) is 48.6 Å². The van der Waals surface area contributed by atoms with E-state index in [0.717, 1.165) is 11.3 Å². The molecule has 0 aliphatic carbocycles. The lowest BCUT2D eigenvalue weighted by Crippen LogP contribution is -2.27. The largest absolute Gasteiger partial charge is 0.508 e. The van der Waals surface area contributed by atoms with Crippen LogP contribution in [0.3, 0.4) is 0 Å². The van der Waals surface area contributed by atoms with Gasteiger partial charge in [0, 0.05) is 22.8 Å². The second-order valence-electron chi connectivity index (χ2n) is 6.23. The summed E-state index contributed by atoms with van der Waals surface area (Å²) in [4.78, 5) is 12.3. The molecule has 0 amide bonds. The number of allylic oxidation sites excluding steroid dienone is 1. The fraction of sp³-hybridized carbons (Fsp3) is 0.150. The number of phenols is 2. The fourth-order valence-electron chi connectivity index (χ4n) is 2.47. The Labute approximate surface area is 140 Å². The van der Waals surface area contributed by atoms with Gasteiger partial charge in [0.15, 0.2) is 5.78 Å². The quantitative estimate of drug-likeness (QED) is 0.657. The average Bonchev–Trinajstić information content (AvgIpc) is 2.52. The molecule has 1 aliphatic heterocycles. The number of ketones is 1. The van der Waals surface area contributed by atoms with E-state index in [2.05, 4.69) is 0 Å². The minimum absolute atomic E-state index is 0.0274. The summed E-state index contributed by atoms with van der Waals surface area (Å²) in [5.74, 6) is 0.464. The van der Waals surface area contributed by atoms with E-state index in [-0.39, 0.29) is 22.9 Å². The molecular weight excluding hydrogens is 304 g/mol. The molecule has 2 aromatic carbocycles. The van der Waals surface area contributed by atoms with Crippen LogP contribution in [0.5, 0.6) is 17.2 Å². The van der Waals surface area contributed by atoms with Crippen LogP contribution in [0.4, 0.5) is 0 Å². The SMILES string of the molecule is CC1(C)C=Cc2cc(C(=O)C=Cc3ccc(O)cc3O)ccc2O1. The lowest BCUT2D eigenvalue weighted by molar-refractivity contribution is 0.104. The summed E-state index contributed by atoms with van der Waals surface area (Å²) in [6.45, 7) is 3.94. The summed E-state index contributed by atoms with van der Waals surface area (Å²) in [7, 11) is 0. The molecule has 0 bridgehead atoms. The molecule has 3 rings (SSSR count). The number of hydrogen-bond acceptors (Lipinski definition) is 4. The van der Waals surface area contributed by atoms with E-state index in [9.17, 15) is 15.0 Å². The van der Waals surface area contributed by atoms with Gasteiger partial charge in [-0.05, 0) is 62.4 Å². The van der Waals surface area contributed by atoms with Crippen molar-refractivity contribution < 1.29 is 19.7 Å². The Morgan fingerprint density at radius 2 is 1.92 bits per heavy atom. The third-order valence-electron chi connectivity index (χ3n) is 3.76. The minimum Gasteiger partial charge on any atom is -0.508 e. The van der Waals surface area contributed by atoms with E-state index in [0.29, 0.717) is 11.1 Å². The molecule has 0 fully saturated rings. The summed E-state index contributed by atoms with van der Waals surface area (Å²) in [6.07, 6.45) is 6.82. The van der Waals surface area contributed by atoms with E-state index < -0.39 is 0 Å².